The summed E-state index contributed by atoms with van der Waals surface area (Å²) in [6.07, 6.45) is 0.929. The van der Waals surface area contributed by atoms with Crippen molar-refractivity contribution in [3.63, 3.8) is 0 Å². The normalized spacial score (nSPS) is 11.5. The number of hydrogen-bond donors (Lipinski definition) is 1. The van der Waals surface area contributed by atoms with Crippen molar-refractivity contribution in [3.8, 4) is 0 Å². The summed E-state index contributed by atoms with van der Waals surface area (Å²) in [7, 11) is 0.260. The van der Waals surface area contributed by atoms with Crippen LogP contribution in [-0.4, -0.2) is 33.0 Å². The lowest BCUT2D eigenvalue weighted by Crippen LogP contribution is -2.12. The summed E-state index contributed by atoms with van der Waals surface area (Å²) in [5.74, 6) is -1.64. The van der Waals surface area contributed by atoms with Crippen molar-refractivity contribution in [1.82, 2.24) is 0 Å². The number of ether oxygens (including phenoxy) is 1. The molecule has 0 aromatic carbocycles. The maximum atomic E-state index is 11.1. The standard InChI is InChI=1S/C8H14O4Si/c1-12-8(11)6(4-7(9)10)5-13(2)3/h4,13H,5H2,1-3H3,(H,9,10)/b6-4-. The number of carboxylic acid groups (broad SMARTS) is 1. The molecule has 13 heavy (non-hydrogen) atoms. The van der Waals surface area contributed by atoms with Gasteiger partial charge in [0.1, 0.15) is 0 Å². The molecule has 5 heteroatoms. The predicted molar refractivity (Wildman–Crippen MR) is 51.4 cm³/mol. The van der Waals surface area contributed by atoms with Crippen LogP contribution in [0.15, 0.2) is 11.6 Å². The number of rotatable bonds is 4. The number of carbonyl (C=O) groups is 2. The van der Waals surface area contributed by atoms with E-state index in [1.807, 2.05) is 13.1 Å². The lowest BCUT2D eigenvalue weighted by molar-refractivity contribution is -0.137. The van der Waals surface area contributed by atoms with Crippen molar-refractivity contribution in [2.75, 3.05) is 7.11 Å². The van der Waals surface area contributed by atoms with Crippen LogP contribution < -0.4 is 0 Å². The molecule has 0 fully saturated rings. The van der Waals surface area contributed by atoms with Crippen molar-refractivity contribution >= 4 is 20.7 Å². The third-order valence-corrected chi connectivity index (χ3v) is 2.63. The number of aliphatic carboxylic acids is 1. The molecule has 74 valence electrons. The summed E-state index contributed by atoms with van der Waals surface area (Å²) in [5, 5.41) is 8.47. The SMILES string of the molecule is COC(=O)/C(=C\C(=O)O)C[SiH](C)C. The zero-order valence-corrected chi connectivity index (χ0v) is 9.19. The summed E-state index contributed by atoms with van der Waals surface area (Å²) >= 11 is 0. The molecule has 0 unspecified atom stereocenters. The first kappa shape index (κ1) is 11.9. The van der Waals surface area contributed by atoms with Gasteiger partial charge in [-0.1, -0.05) is 13.1 Å². The molecule has 0 heterocycles. The molecule has 1 N–H and O–H groups in total. The fourth-order valence-corrected chi connectivity index (χ4v) is 2.09. The molecule has 0 saturated carbocycles. The highest BCUT2D eigenvalue weighted by Gasteiger charge is 2.13. The Morgan fingerprint density at radius 3 is 2.31 bits per heavy atom. The van der Waals surface area contributed by atoms with Crippen molar-refractivity contribution in [2.45, 2.75) is 19.1 Å². The molecular formula is C8H14O4Si. The van der Waals surface area contributed by atoms with E-state index < -0.39 is 20.7 Å². The molecule has 0 amide bonds. The van der Waals surface area contributed by atoms with E-state index in [1.165, 1.54) is 7.11 Å². The monoisotopic (exact) mass is 202 g/mol. The smallest absolute Gasteiger partial charge is 0.333 e. The molecule has 0 bridgehead atoms. The topological polar surface area (TPSA) is 63.6 Å². The average Bonchev–Trinajstić information content (AvgIpc) is 2.00. The van der Waals surface area contributed by atoms with Crippen LogP contribution in [0.25, 0.3) is 0 Å². The van der Waals surface area contributed by atoms with Gasteiger partial charge in [-0.25, -0.2) is 9.59 Å². The van der Waals surface area contributed by atoms with E-state index in [1.54, 1.807) is 0 Å². The fourth-order valence-electron chi connectivity index (χ4n) is 0.921. The van der Waals surface area contributed by atoms with Gasteiger partial charge in [0, 0.05) is 20.4 Å². The van der Waals surface area contributed by atoms with Crippen LogP contribution in [-0.2, 0) is 14.3 Å². The zero-order valence-electron chi connectivity index (χ0n) is 8.03. The Balaban J connectivity index is 4.55. The molecule has 4 nitrogen and oxygen atoms in total. The highest BCUT2D eigenvalue weighted by molar-refractivity contribution is 6.57. The van der Waals surface area contributed by atoms with Crippen LogP contribution in [0.4, 0.5) is 0 Å². The van der Waals surface area contributed by atoms with Gasteiger partial charge in [-0.15, -0.1) is 0 Å². The molecule has 0 rings (SSSR count). The number of methoxy groups -OCH3 is 1. The minimum absolute atomic E-state index is 0.261. The third kappa shape index (κ3) is 5.19. The minimum Gasteiger partial charge on any atom is -0.478 e. The quantitative estimate of drug-likeness (QED) is 0.413. The Kier molecular flexibility index (Phi) is 5.06. The van der Waals surface area contributed by atoms with Gasteiger partial charge >= 0.3 is 11.9 Å². The Labute approximate surface area is 78.8 Å². The van der Waals surface area contributed by atoms with Crippen LogP contribution in [0.2, 0.25) is 19.1 Å². The summed E-state index contributed by atoms with van der Waals surface area (Å²) in [5.41, 5.74) is 0.261. The maximum Gasteiger partial charge on any atom is 0.333 e. The molecule has 0 aliphatic carbocycles. The summed E-state index contributed by atoms with van der Waals surface area (Å²) < 4.78 is 4.47. The van der Waals surface area contributed by atoms with Crippen molar-refractivity contribution in [1.29, 1.82) is 0 Å². The van der Waals surface area contributed by atoms with E-state index in [-0.39, 0.29) is 5.57 Å². The molecule has 0 aromatic rings. The first-order valence-corrected chi connectivity index (χ1v) is 7.11. The molecule has 0 aliphatic heterocycles. The molecule has 0 radical (unpaired) electrons. The lowest BCUT2D eigenvalue weighted by atomic mass is 10.3. The second kappa shape index (κ2) is 5.53. The van der Waals surface area contributed by atoms with Gasteiger partial charge in [-0.05, 0) is 6.04 Å². The Morgan fingerprint density at radius 1 is 1.46 bits per heavy atom. The van der Waals surface area contributed by atoms with Crippen LogP contribution in [0.1, 0.15) is 0 Å². The van der Waals surface area contributed by atoms with Gasteiger partial charge in [0.15, 0.2) is 0 Å². The summed E-state index contributed by atoms with van der Waals surface area (Å²) in [6, 6.07) is 0.555. The summed E-state index contributed by atoms with van der Waals surface area (Å²) in [4.78, 5) is 21.4. The van der Waals surface area contributed by atoms with E-state index in [0.717, 1.165) is 6.08 Å². The first-order valence-electron chi connectivity index (χ1n) is 3.99. The third-order valence-electron chi connectivity index (χ3n) is 1.37. The van der Waals surface area contributed by atoms with E-state index >= 15 is 0 Å². The Morgan fingerprint density at radius 2 is 2.00 bits per heavy atom. The van der Waals surface area contributed by atoms with Crippen molar-refractivity contribution in [2.24, 2.45) is 0 Å². The van der Waals surface area contributed by atoms with Crippen LogP contribution in [0, 0.1) is 0 Å². The van der Waals surface area contributed by atoms with Gasteiger partial charge in [0.05, 0.1) is 7.11 Å². The van der Waals surface area contributed by atoms with Gasteiger partial charge in [-0.3, -0.25) is 0 Å². The van der Waals surface area contributed by atoms with E-state index in [9.17, 15) is 9.59 Å². The second-order valence-corrected chi connectivity index (χ2v) is 6.29. The predicted octanol–water partition coefficient (Wildman–Crippen LogP) is 0.657. The number of carboxylic acids is 1. The van der Waals surface area contributed by atoms with Crippen LogP contribution in [0.3, 0.4) is 0 Å². The fraction of sp³-hybridized carbons (Fsp3) is 0.500. The van der Waals surface area contributed by atoms with E-state index in [0.29, 0.717) is 6.04 Å². The molecule has 0 atom stereocenters. The second-order valence-electron chi connectivity index (χ2n) is 3.10. The number of esters is 1. The lowest BCUT2D eigenvalue weighted by Gasteiger charge is -2.05. The number of carbonyl (C=O) groups excluding carboxylic acids is 1. The number of hydrogen-bond acceptors (Lipinski definition) is 3. The Bertz CT molecular complexity index is 232. The van der Waals surface area contributed by atoms with Gasteiger partial charge in [-0.2, -0.15) is 0 Å². The van der Waals surface area contributed by atoms with Gasteiger partial charge in [0.25, 0.3) is 0 Å². The average molecular weight is 202 g/mol. The molecule has 0 aromatic heterocycles. The van der Waals surface area contributed by atoms with Crippen LogP contribution >= 0.6 is 0 Å². The van der Waals surface area contributed by atoms with Gasteiger partial charge < -0.3 is 9.84 Å². The minimum atomic E-state index is -1.10. The maximum absolute atomic E-state index is 11.1. The Hall–Kier alpha value is -1.10. The largest absolute Gasteiger partial charge is 0.478 e. The molecule has 0 spiro atoms. The van der Waals surface area contributed by atoms with E-state index in [4.69, 9.17) is 5.11 Å². The van der Waals surface area contributed by atoms with Crippen molar-refractivity contribution in [3.05, 3.63) is 11.6 Å². The molecule has 0 saturated heterocycles. The van der Waals surface area contributed by atoms with Crippen LogP contribution in [0.5, 0.6) is 0 Å². The first-order chi connectivity index (χ1) is 5.97. The van der Waals surface area contributed by atoms with Crippen molar-refractivity contribution < 1.29 is 19.4 Å². The highest BCUT2D eigenvalue weighted by atomic mass is 28.3. The highest BCUT2D eigenvalue weighted by Crippen LogP contribution is 2.08. The molecular weight excluding hydrogens is 188 g/mol. The van der Waals surface area contributed by atoms with E-state index in [2.05, 4.69) is 4.74 Å². The molecule has 0 aliphatic rings. The summed E-state index contributed by atoms with van der Waals surface area (Å²) in [6.45, 7) is 4.08. The van der Waals surface area contributed by atoms with Gasteiger partial charge in [0.2, 0.25) is 0 Å². The zero-order chi connectivity index (χ0) is 10.4.